The smallest absolute Gasteiger partial charge is 0.310 e. The van der Waals surface area contributed by atoms with E-state index in [0.717, 1.165) is 0 Å². The van der Waals surface area contributed by atoms with Crippen LogP contribution in [0.2, 0.25) is 0 Å². The van der Waals surface area contributed by atoms with Crippen LogP contribution in [-0.4, -0.2) is 9.49 Å². The Morgan fingerprint density at radius 1 is 1.67 bits per heavy atom. The molecule has 5 heteroatoms. The topological polar surface area (TPSA) is 65.1 Å². The monoisotopic (exact) mass is 168 g/mol. The van der Waals surface area contributed by atoms with Crippen molar-refractivity contribution in [3.05, 3.63) is 38.8 Å². The maximum atomic E-state index is 11.2. The lowest BCUT2D eigenvalue weighted by atomic mass is 10.4. The van der Waals surface area contributed by atoms with Gasteiger partial charge in [-0.2, -0.15) is 0 Å². The molecule has 1 aromatic heterocycles. The molecule has 0 aliphatic heterocycles. The SMILES string of the molecule is CCn1cccc([N+](=O)[O-])c1=O. The summed E-state index contributed by atoms with van der Waals surface area (Å²) in [6.07, 6.45) is 1.52. The predicted molar refractivity (Wildman–Crippen MR) is 43.0 cm³/mol. The van der Waals surface area contributed by atoms with Crippen LogP contribution in [0.25, 0.3) is 0 Å². The van der Waals surface area contributed by atoms with Gasteiger partial charge in [-0.1, -0.05) is 0 Å². The van der Waals surface area contributed by atoms with E-state index in [1.54, 1.807) is 6.92 Å². The van der Waals surface area contributed by atoms with Crippen molar-refractivity contribution in [2.75, 3.05) is 0 Å². The van der Waals surface area contributed by atoms with Crippen LogP contribution in [0.4, 0.5) is 5.69 Å². The maximum absolute atomic E-state index is 11.2. The zero-order valence-electron chi connectivity index (χ0n) is 6.56. The lowest BCUT2D eigenvalue weighted by molar-refractivity contribution is -0.386. The minimum atomic E-state index is -0.672. The molecule has 1 heterocycles. The van der Waals surface area contributed by atoms with E-state index < -0.39 is 10.5 Å². The summed E-state index contributed by atoms with van der Waals surface area (Å²) >= 11 is 0. The molecule has 0 radical (unpaired) electrons. The molecule has 5 nitrogen and oxygen atoms in total. The number of hydrogen-bond donors (Lipinski definition) is 0. The molecule has 0 aliphatic carbocycles. The average molecular weight is 168 g/mol. The second-order valence-corrected chi connectivity index (χ2v) is 2.24. The number of aryl methyl sites for hydroxylation is 1. The fraction of sp³-hybridized carbons (Fsp3) is 0.286. The average Bonchev–Trinajstić information content (AvgIpc) is 2.04. The fourth-order valence-corrected chi connectivity index (χ4v) is 0.912. The molecule has 0 amide bonds. The minimum Gasteiger partial charge on any atom is -0.310 e. The molecule has 0 saturated heterocycles. The Bertz CT molecular complexity index is 356. The van der Waals surface area contributed by atoms with Crippen LogP contribution in [0.1, 0.15) is 6.92 Å². The molecule has 0 spiro atoms. The Kier molecular flexibility index (Phi) is 2.23. The number of hydrogen-bond acceptors (Lipinski definition) is 3. The van der Waals surface area contributed by atoms with Gasteiger partial charge in [0.05, 0.1) is 4.92 Å². The predicted octanol–water partition coefficient (Wildman–Crippen LogP) is 0.776. The van der Waals surface area contributed by atoms with Gasteiger partial charge in [0.2, 0.25) is 0 Å². The van der Waals surface area contributed by atoms with Crippen molar-refractivity contribution in [2.45, 2.75) is 13.5 Å². The third-order valence-corrected chi connectivity index (χ3v) is 1.54. The summed E-state index contributed by atoms with van der Waals surface area (Å²) in [5, 5.41) is 10.3. The Labute approximate surface area is 68.4 Å². The molecule has 0 unspecified atom stereocenters. The normalized spacial score (nSPS) is 9.75. The highest BCUT2D eigenvalue weighted by molar-refractivity contribution is 5.24. The molecular formula is C7H8N2O3. The summed E-state index contributed by atoms with van der Waals surface area (Å²) in [6.45, 7) is 2.20. The van der Waals surface area contributed by atoms with E-state index >= 15 is 0 Å². The summed E-state index contributed by atoms with van der Waals surface area (Å²) in [6, 6.07) is 2.69. The van der Waals surface area contributed by atoms with Crippen LogP contribution < -0.4 is 5.56 Å². The lowest BCUT2D eigenvalue weighted by Gasteiger charge is -1.98. The van der Waals surface area contributed by atoms with Crippen molar-refractivity contribution in [2.24, 2.45) is 0 Å². The quantitative estimate of drug-likeness (QED) is 0.484. The molecule has 64 valence electrons. The van der Waals surface area contributed by atoms with Gasteiger partial charge in [-0.25, -0.2) is 0 Å². The molecule has 0 aliphatic rings. The van der Waals surface area contributed by atoms with Crippen molar-refractivity contribution in [1.29, 1.82) is 0 Å². The van der Waals surface area contributed by atoms with Gasteiger partial charge in [0.1, 0.15) is 0 Å². The zero-order valence-corrected chi connectivity index (χ0v) is 6.56. The van der Waals surface area contributed by atoms with E-state index in [2.05, 4.69) is 0 Å². The van der Waals surface area contributed by atoms with Crippen LogP contribution in [0.15, 0.2) is 23.1 Å². The summed E-state index contributed by atoms with van der Waals surface area (Å²) < 4.78 is 1.29. The van der Waals surface area contributed by atoms with Crippen LogP contribution in [0, 0.1) is 10.1 Å². The van der Waals surface area contributed by atoms with Crippen LogP contribution >= 0.6 is 0 Å². The number of nitrogens with zero attached hydrogens (tertiary/aromatic N) is 2. The lowest BCUT2D eigenvalue weighted by Crippen LogP contribution is -2.20. The van der Waals surface area contributed by atoms with Gasteiger partial charge in [-0.05, 0) is 13.0 Å². The van der Waals surface area contributed by atoms with Gasteiger partial charge in [0.25, 0.3) is 0 Å². The second kappa shape index (κ2) is 3.17. The fourth-order valence-electron chi connectivity index (χ4n) is 0.912. The van der Waals surface area contributed by atoms with E-state index in [1.165, 1.54) is 22.9 Å². The Morgan fingerprint density at radius 3 is 2.83 bits per heavy atom. The van der Waals surface area contributed by atoms with Gasteiger partial charge in [-0.15, -0.1) is 0 Å². The Hall–Kier alpha value is -1.65. The first-order valence-electron chi connectivity index (χ1n) is 3.50. The van der Waals surface area contributed by atoms with E-state index in [-0.39, 0.29) is 5.69 Å². The van der Waals surface area contributed by atoms with Gasteiger partial charge in [-0.3, -0.25) is 14.9 Å². The molecule has 12 heavy (non-hydrogen) atoms. The first-order valence-corrected chi connectivity index (χ1v) is 3.50. The largest absolute Gasteiger partial charge is 0.334 e. The molecule has 1 rings (SSSR count). The number of pyridine rings is 1. The van der Waals surface area contributed by atoms with Crippen LogP contribution in [-0.2, 0) is 6.54 Å². The third-order valence-electron chi connectivity index (χ3n) is 1.54. The Morgan fingerprint density at radius 2 is 2.33 bits per heavy atom. The highest BCUT2D eigenvalue weighted by atomic mass is 16.6. The first kappa shape index (κ1) is 8.45. The van der Waals surface area contributed by atoms with Crippen molar-refractivity contribution in [1.82, 2.24) is 4.57 Å². The highest BCUT2D eigenvalue weighted by Gasteiger charge is 2.11. The maximum Gasteiger partial charge on any atom is 0.334 e. The number of aromatic nitrogens is 1. The summed E-state index contributed by atoms with van der Waals surface area (Å²) in [4.78, 5) is 20.8. The zero-order chi connectivity index (χ0) is 9.14. The third kappa shape index (κ3) is 1.34. The molecular weight excluding hydrogens is 160 g/mol. The number of rotatable bonds is 2. The summed E-state index contributed by atoms with van der Waals surface area (Å²) in [5.74, 6) is 0. The molecule has 0 bridgehead atoms. The van der Waals surface area contributed by atoms with Gasteiger partial charge in [0.15, 0.2) is 0 Å². The minimum absolute atomic E-state index is 0.376. The van der Waals surface area contributed by atoms with E-state index in [4.69, 9.17) is 0 Å². The van der Waals surface area contributed by atoms with E-state index in [1.807, 2.05) is 0 Å². The van der Waals surface area contributed by atoms with Crippen LogP contribution in [0.3, 0.4) is 0 Å². The van der Waals surface area contributed by atoms with Crippen molar-refractivity contribution in [3.63, 3.8) is 0 Å². The summed E-state index contributed by atoms with van der Waals surface area (Å²) in [7, 11) is 0. The first-order chi connectivity index (χ1) is 5.66. The van der Waals surface area contributed by atoms with Crippen molar-refractivity contribution in [3.8, 4) is 0 Å². The second-order valence-electron chi connectivity index (χ2n) is 2.24. The molecule has 0 N–H and O–H groups in total. The summed E-state index contributed by atoms with van der Waals surface area (Å²) in [5.41, 5.74) is -0.927. The Balaban J connectivity index is 3.33. The molecule has 0 atom stereocenters. The molecule has 0 saturated carbocycles. The van der Waals surface area contributed by atoms with E-state index in [0.29, 0.717) is 6.54 Å². The van der Waals surface area contributed by atoms with Gasteiger partial charge >= 0.3 is 11.2 Å². The number of nitro groups is 1. The highest BCUT2D eigenvalue weighted by Crippen LogP contribution is 2.00. The van der Waals surface area contributed by atoms with E-state index in [9.17, 15) is 14.9 Å². The van der Waals surface area contributed by atoms with Crippen LogP contribution in [0.5, 0.6) is 0 Å². The van der Waals surface area contributed by atoms with Gasteiger partial charge < -0.3 is 4.57 Å². The molecule has 1 aromatic rings. The molecule has 0 aromatic carbocycles. The van der Waals surface area contributed by atoms with Crippen molar-refractivity contribution < 1.29 is 4.92 Å². The standard InChI is InChI=1S/C7H8N2O3/c1-2-8-5-3-4-6(7(8)10)9(11)12/h3-5H,2H2,1H3. The molecule has 0 fully saturated rings. The van der Waals surface area contributed by atoms with Crippen molar-refractivity contribution >= 4 is 5.69 Å². The van der Waals surface area contributed by atoms with Gasteiger partial charge in [0, 0.05) is 18.8 Å².